The molecule has 2 aromatic rings. The van der Waals surface area contributed by atoms with Crippen molar-refractivity contribution in [3.05, 3.63) is 41.5 Å². The molecule has 0 amide bonds. The molecule has 0 bridgehead atoms. The molecule has 3 rings (SSSR count). The minimum absolute atomic E-state index is 0.0840. The van der Waals surface area contributed by atoms with Crippen LogP contribution in [0.3, 0.4) is 0 Å². The molecule has 2 unspecified atom stereocenters. The number of rotatable bonds is 4. The minimum atomic E-state index is -1.31. The predicted molar refractivity (Wildman–Crippen MR) is 93.1 cm³/mol. The van der Waals surface area contributed by atoms with E-state index in [9.17, 15) is 25.5 Å². The molecule has 2 atom stereocenters. The summed E-state index contributed by atoms with van der Waals surface area (Å²) in [6, 6.07) is 6.70. The van der Waals surface area contributed by atoms with E-state index in [-0.39, 0.29) is 35.2 Å². The molecule has 0 spiro atoms. The predicted octanol–water partition coefficient (Wildman–Crippen LogP) is 1.35. The van der Waals surface area contributed by atoms with Crippen LogP contribution in [0.25, 0.3) is 0 Å². The number of aliphatic hydroxyl groups is 1. The van der Waals surface area contributed by atoms with Gasteiger partial charge < -0.3 is 36.0 Å². The number of hydrogen-bond donors (Lipinski definition) is 6. The Kier molecular flexibility index (Phi) is 4.59. The molecular formula is C17H19NO6S. The lowest BCUT2D eigenvalue weighted by atomic mass is 9.93. The third-order valence-corrected chi connectivity index (χ3v) is 5.54. The Bertz CT molecular complexity index is 799. The van der Waals surface area contributed by atoms with Crippen molar-refractivity contribution in [1.82, 2.24) is 0 Å². The van der Waals surface area contributed by atoms with Crippen LogP contribution in [0.5, 0.6) is 28.7 Å². The monoisotopic (exact) mass is 365 g/mol. The molecule has 0 aromatic heterocycles. The highest BCUT2D eigenvalue weighted by molar-refractivity contribution is 8.00. The fraction of sp³-hybridized carbons (Fsp3) is 0.294. The van der Waals surface area contributed by atoms with Crippen LogP contribution in [0.4, 0.5) is 0 Å². The van der Waals surface area contributed by atoms with Crippen molar-refractivity contribution >= 4 is 11.8 Å². The van der Waals surface area contributed by atoms with Gasteiger partial charge >= 0.3 is 0 Å². The highest BCUT2D eigenvalue weighted by atomic mass is 32.2. The van der Waals surface area contributed by atoms with Gasteiger partial charge in [0.15, 0.2) is 11.5 Å². The quantitative estimate of drug-likeness (QED) is 0.447. The molecule has 25 heavy (non-hydrogen) atoms. The van der Waals surface area contributed by atoms with Crippen molar-refractivity contribution in [2.75, 3.05) is 12.3 Å². The highest BCUT2D eigenvalue weighted by Gasteiger charge is 2.47. The molecule has 0 saturated carbocycles. The molecule has 1 aliphatic heterocycles. The minimum Gasteiger partial charge on any atom is -0.508 e. The second-order valence-electron chi connectivity index (χ2n) is 5.77. The Balaban J connectivity index is 2.12. The third-order valence-electron chi connectivity index (χ3n) is 4.08. The number of nitrogens with two attached hydrogens (primary N) is 1. The maximum atomic E-state index is 10.8. The van der Waals surface area contributed by atoms with Crippen LogP contribution in [0, 0.1) is 0 Å². The zero-order chi connectivity index (χ0) is 18.2. The smallest absolute Gasteiger partial charge is 0.206 e. The summed E-state index contributed by atoms with van der Waals surface area (Å²) in [4.78, 5) is -1.31. The van der Waals surface area contributed by atoms with E-state index in [4.69, 9.17) is 10.5 Å². The van der Waals surface area contributed by atoms with Crippen molar-refractivity contribution in [2.24, 2.45) is 5.73 Å². The highest BCUT2D eigenvalue weighted by Crippen LogP contribution is 2.50. The maximum Gasteiger partial charge on any atom is 0.206 e. The molecule has 2 aromatic carbocycles. The summed E-state index contributed by atoms with van der Waals surface area (Å²) in [6.45, 7) is 0.338. The summed E-state index contributed by atoms with van der Waals surface area (Å²) >= 11 is 1.24. The number of fused-ring (bicyclic) bond motifs is 1. The van der Waals surface area contributed by atoms with Crippen molar-refractivity contribution < 1.29 is 30.3 Å². The lowest BCUT2D eigenvalue weighted by Crippen LogP contribution is -2.46. The van der Waals surface area contributed by atoms with E-state index in [1.165, 1.54) is 42.1 Å². The van der Waals surface area contributed by atoms with Crippen LogP contribution in [0.15, 0.2) is 30.3 Å². The lowest BCUT2D eigenvalue weighted by Gasteiger charge is -2.42. The average molecular weight is 365 g/mol. The second-order valence-corrected chi connectivity index (χ2v) is 7.08. The topological polar surface area (TPSA) is 136 Å². The molecule has 7 nitrogen and oxygen atoms in total. The first-order valence-corrected chi connectivity index (χ1v) is 8.64. The van der Waals surface area contributed by atoms with Gasteiger partial charge in [-0.1, -0.05) is 6.07 Å². The Hall–Kier alpha value is -2.29. The van der Waals surface area contributed by atoms with Crippen molar-refractivity contribution in [3.8, 4) is 28.7 Å². The largest absolute Gasteiger partial charge is 0.508 e. The van der Waals surface area contributed by atoms with Crippen LogP contribution in [-0.2, 0) is 11.4 Å². The van der Waals surface area contributed by atoms with Gasteiger partial charge in [-0.15, -0.1) is 11.8 Å². The molecular weight excluding hydrogens is 346 g/mol. The first-order valence-electron chi connectivity index (χ1n) is 7.66. The van der Waals surface area contributed by atoms with Crippen LogP contribution in [-0.4, -0.2) is 43.9 Å². The molecule has 1 aliphatic rings. The van der Waals surface area contributed by atoms with Crippen molar-refractivity contribution in [2.45, 2.75) is 17.5 Å². The SMILES string of the molecule is NCCSC1(c2ccc(O)c(O)c2)Oc2cc(O)cc(O)c2CC1O. The zero-order valence-corrected chi connectivity index (χ0v) is 14.0. The lowest BCUT2D eigenvalue weighted by molar-refractivity contribution is -0.00665. The van der Waals surface area contributed by atoms with E-state index in [0.29, 0.717) is 23.4 Å². The first kappa shape index (κ1) is 17.5. The van der Waals surface area contributed by atoms with Crippen LogP contribution < -0.4 is 10.5 Å². The summed E-state index contributed by atoms with van der Waals surface area (Å²) in [5.74, 6) is -0.271. The van der Waals surface area contributed by atoms with E-state index in [2.05, 4.69) is 0 Å². The van der Waals surface area contributed by atoms with E-state index in [1.807, 2.05) is 0 Å². The van der Waals surface area contributed by atoms with Crippen LogP contribution in [0.1, 0.15) is 11.1 Å². The Morgan fingerprint density at radius 2 is 1.84 bits per heavy atom. The number of phenols is 4. The van der Waals surface area contributed by atoms with E-state index >= 15 is 0 Å². The molecule has 0 saturated heterocycles. The Morgan fingerprint density at radius 1 is 1.08 bits per heavy atom. The van der Waals surface area contributed by atoms with Gasteiger partial charge in [0.1, 0.15) is 23.4 Å². The molecule has 7 N–H and O–H groups in total. The van der Waals surface area contributed by atoms with Gasteiger partial charge in [-0.2, -0.15) is 0 Å². The van der Waals surface area contributed by atoms with Gasteiger partial charge in [0.25, 0.3) is 0 Å². The summed E-state index contributed by atoms with van der Waals surface area (Å²) in [7, 11) is 0. The molecule has 0 radical (unpaired) electrons. The summed E-state index contributed by atoms with van der Waals surface area (Å²) in [6.07, 6.45) is -0.975. The van der Waals surface area contributed by atoms with Gasteiger partial charge in [0.2, 0.25) is 4.93 Å². The number of aliphatic hydroxyl groups excluding tert-OH is 1. The Morgan fingerprint density at radius 3 is 2.52 bits per heavy atom. The van der Waals surface area contributed by atoms with Gasteiger partial charge in [-0.3, -0.25) is 0 Å². The van der Waals surface area contributed by atoms with Crippen molar-refractivity contribution in [1.29, 1.82) is 0 Å². The van der Waals surface area contributed by atoms with Crippen molar-refractivity contribution in [3.63, 3.8) is 0 Å². The fourth-order valence-electron chi connectivity index (χ4n) is 2.88. The van der Waals surface area contributed by atoms with E-state index in [0.717, 1.165) is 0 Å². The van der Waals surface area contributed by atoms with Gasteiger partial charge in [0, 0.05) is 42.0 Å². The number of ether oxygens (including phenoxy) is 1. The normalized spacial score (nSPS) is 22.2. The van der Waals surface area contributed by atoms with E-state index in [1.54, 1.807) is 0 Å². The second kappa shape index (κ2) is 6.55. The number of hydrogen-bond acceptors (Lipinski definition) is 8. The summed E-state index contributed by atoms with van der Waals surface area (Å²) < 4.78 is 6.02. The molecule has 0 fully saturated rings. The Labute approximate surface area is 148 Å². The zero-order valence-electron chi connectivity index (χ0n) is 13.2. The number of thioether (sulfide) groups is 1. The number of benzene rings is 2. The molecule has 8 heteroatoms. The van der Waals surface area contributed by atoms with Gasteiger partial charge in [0.05, 0.1) is 0 Å². The van der Waals surface area contributed by atoms with Crippen LogP contribution >= 0.6 is 11.8 Å². The van der Waals surface area contributed by atoms with E-state index < -0.39 is 11.0 Å². The number of aromatic hydroxyl groups is 4. The average Bonchev–Trinajstić information content (AvgIpc) is 2.56. The molecule has 1 heterocycles. The van der Waals surface area contributed by atoms with Gasteiger partial charge in [-0.05, 0) is 12.1 Å². The summed E-state index contributed by atoms with van der Waals surface area (Å²) in [5, 5.41) is 49.9. The number of phenolic OH excluding ortho intramolecular Hbond substituents is 4. The standard InChI is InChI=1S/C17H19NO6S/c18-3-4-25-17(9-1-2-12(20)14(22)5-9)16(23)8-11-13(21)6-10(19)7-15(11)24-17/h1-2,5-7,16,19-23H,3-4,8,18H2. The maximum absolute atomic E-state index is 10.8. The van der Waals surface area contributed by atoms with Crippen LogP contribution in [0.2, 0.25) is 0 Å². The molecule has 134 valence electrons. The fourth-order valence-corrected chi connectivity index (χ4v) is 4.02. The van der Waals surface area contributed by atoms with Gasteiger partial charge in [-0.25, -0.2) is 0 Å². The third kappa shape index (κ3) is 3.04. The first-order chi connectivity index (χ1) is 11.9. The molecule has 0 aliphatic carbocycles. The summed E-state index contributed by atoms with van der Waals surface area (Å²) in [5.41, 5.74) is 6.42.